The molecule has 1 saturated carbocycles. The van der Waals surface area contributed by atoms with Crippen molar-refractivity contribution >= 4 is 5.95 Å². The molecule has 0 radical (unpaired) electrons. The van der Waals surface area contributed by atoms with Crippen molar-refractivity contribution in [3.8, 4) is 0 Å². The van der Waals surface area contributed by atoms with Crippen molar-refractivity contribution in [3.05, 3.63) is 17.5 Å². The number of aliphatic hydroxyl groups excluding tert-OH is 1. The number of aromatic nitrogens is 2. The second-order valence-electron chi connectivity index (χ2n) is 6.25. The number of alkyl halides is 1. The van der Waals surface area contributed by atoms with Crippen LogP contribution in [0.3, 0.4) is 0 Å². The van der Waals surface area contributed by atoms with Crippen LogP contribution in [0.25, 0.3) is 0 Å². The third kappa shape index (κ3) is 1.55. The number of fused-ring (bicyclic) bond motifs is 1. The first-order chi connectivity index (χ1) is 9.66. The van der Waals surface area contributed by atoms with Crippen LogP contribution in [0.4, 0.5) is 10.3 Å². The zero-order valence-electron chi connectivity index (χ0n) is 11.3. The summed E-state index contributed by atoms with van der Waals surface area (Å²) in [4.78, 5) is 10.7. The van der Waals surface area contributed by atoms with Gasteiger partial charge in [-0.1, -0.05) is 6.42 Å². The van der Waals surface area contributed by atoms with Gasteiger partial charge in [-0.15, -0.1) is 0 Å². The highest BCUT2D eigenvalue weighted by atomic mass is 19.1. The summed E-state index contributed by atoms with van der Waals surface area (Å²) < 4.78 is 20.3. The van der Waals surface area contributed by atoms with Crippen molar-refractivity contribution < 1.29 is 14.2 Å². The third-order valence-electron chi connectivity index (χ3n) is 5.17. The molecule has 3 heterocycles. The average Bonchev–Trinajstić information content (AvgIpc) is 2.99. The predicted octanol–water partition coefficient (Wildman–Crippen LogP) is 1.20. The van der Waals surface area contributed by atoms with E-state index in [0.717, 1.165) is 30.5 Å². The van der Waals surface area contributed by atoms with E-state index in [2.05, 4.69) is 9.97 Å². The first kappa shape index (κ1) is 12.5. The summed E-state index contributed by atoms with van der Waals surface area (Å²) in [7, 11) is 0. The van der Waals surface area contributed by atoms with Crippen LogP contribution in [0.2, 0.25) is 0 Å². The number of aliphatic hydroxyl groups is 1. The maximum atomic E-state index is 15.0. The SMILES string of the molecule is OCC1(F)CN(c2ncc3c(n2)COC3)CC12CCC2. The molecule has 1 N–H and O–H groups in total. The number of nitrogens with zero attached hydrogens (tertiary/aromatic N) is 3. The van der Waals surface area contributed by atoms with E-state index in [1.807, 2.05) is 4.90 Å². The fourth-order valence-electron chi connectivity index (χ4n) is 3.69. The van der Waals surface area contributed by atoms with Gasteiger partial charge in [0, 0.05) is 23.7 Å². The summed E-state index contributed by atoms with van der Waals surface area (Å²) in [5.41, 5.74) is -0.0110. The molecular weight excluding hydrogens is 261 g/mol. The molecule has 1 saturated heterocycles. The van der Waals surface area contributed by atoms with Gasteiger partial charge in [0.25, 0.3) is 0 Å². The maximum absolute atomic E-state index is 15.0. The summed E-state index contributed by atoms with van der Waals surface area (Å²) in [6, 6.07) is 0. The lowest BCUT2D eigenvalue weighted by atomic mass is 9.61. The normalized spacial score (nSPS) is 30.6. The molecule has 1 aliphatic carbocycles. The van der Waals surface area contributed by atoms with E-state index < -0.39 is 17.7 Å². The Bertz CT molecular complexity index is 538. The van der Waals surface area contributed by atoms with Gasteiger partial charge in [0.05, 0.1) is 32.1 Å². The molecule has 5 nitrogen and oxygen atoms in total. The van der Waals surface area contributed by atoms with Crippen LogP contribution >= 0.6 is 0 Å². The van der Waals surface area contributed by atoms with Crippen molar-refractivity contribution in [2.75, 3.05) is 24.6 Å². The topological polar surface area (TPSA) is 58.5 Å². The molecule has 1 unspecified atom stereocenters. The Morgan fingerprint density at radius 2 is 2.20 bits per heavy atom. The van der Waals surface area contributed by atoms with Gasteiger partial charge in [0.2, 0.25) is 5.95 Å². The molecule has 0 aromatic carbocycles. The van der Waals surface area contributed by atoms with E-state index in [1.54, 1.807) is 6.20 Å². The average molecular weight is 279 g/mol. The van der Waals surface area contributed by atoms with E-state index in [9.17, 15) is 9.50 Å². The molecule has 6 heteroatoms. The lowest BCUT2D eigenvalue weighted by Crippen LogP contribution is -2.50. The summed E-state index contributed by atoms with van der Waals surface area (Å²) in [5.74, 6) is 0.563. The minimum Gasteiger partial charge on any atom is -0.393 e. The Morgan fingerprint density at radius 3 is 2.85 bits per heavy atom. The van der Waals surface area contributed by atoms with Crippen LogP contribution in [0.15, 0.2) is 6.20 Å². The first-order valence-corrected chi connectivity index (χ1v) is 7.13. The summed E-state index contributed by atoms with van der Waals surface area (Å²) in [6.07, 6.45) is 4.50. The number of rotatable bonds is 2. The molecular formula is C14H18FN3O2. The molecule has 20 heavy (non-hydrogen) atoms. The highest BCUT2D eigenvalue weighted by molar-refractivity contribution is 5.39. The van der Waals surface area contributed by atoms with Gasteiger partial charge < -0.3 is 14.7 Å². The third-order valence-corrected chi connectivity index (χ3v) is 5.17. The zero-order chi connectivity index (χ0) is 13.8. The van der Waals surface area contributed by atoms with Crippen molar-refractivity contribution in [2.24, 2.45) is 5.41 Å². The molecule has 108 valence electrons. The second kappa shape index (κ2) is 4.11. The van der Waals surface area contributed by atoms with Gasteiger partial charge in [-0.2, -0.15) is 0 Å². The Labute approximate surface area is 116 Å². The Hall–Kier alpha value is -1.27. The molecule has 0 bridgehead atoms. The second-order valence-corrected chi connectivity index (χ2v) is 6.25. The lowest BCUT2D eigenvalue weighted by molar-refractivity contribution is -0.0588. The van der Waals surface area contributed by atoms with Crippen LogP contribution < -0.4 is 4.90 Å². The molecule has 3 aliphatic rings. The van der Waals surface area contributed by atoms with E-state index in [1.165, 1.54) is 0 Å². The van der Waals surface area contributed by atoms with Crippen molar-refractivity contribution in [1.82, 2.24) is 9.97 Å². The van der Waals surface area contributed by atoms with Crippen molar-refractivity contribution in [1.29, 1.82) is 0 Å². The molecule has 2 aliphatic heterocycles. The first-order valence-electron chi connectivity index (χ1n) is 7.13. The predicted molar refractivity (Wildman–Crippen MR) is 69.9 cm³/mol. The number of hydrogen-bond acceptors (Lipinski definition) is 5. The van der Waals surface area contributed by atoms with Gasteiger partial charge in [-0.25, -0.2) is 14.4 Å². The summed E-state index contributed by atoms with van der Waals surface area (Å²) in [6.45, 7) is 1.43. The quantitative estimate of drug-likeness (QED) is 0.881. The zero-order valence-corrected chi connectivity index (χ0v) is 11.3. The lowest BCUT2D eigenvalue weighted by Gasteiger charge is -2.45. The van der Waals surface area contributed by atoms with Crippen LogP contribution in [0, 0.1) is 5.41 Å². The minimum atomic E-state index is -1.52. The maximum Gasteiger partial charge on any atom is 0.225 e. The summed E-state index contributed by atoms with van der Waals surface area (Å²) >= 11 is 0. The molecule has 1 atom stereocenters. The highest BCUT2D eigenvalue weighted by Crippen LogP contribution is 2.55. The highest BCUT2D eigenvalue weighted by Gasteiger charge is 2.61. The van der Waals surface area contributed by atoms with Crippen LogP contribution in [-0.4, -0.2) is 40.4 Å². The van der Waals surface area contributed by atoms with Gasteiger partial charge in [0.15, 0.2) is 5.67 Å². The molecule has 2 fully saturated rings. The van der Waals surface area contributed by atoms with E-state index >= 15 is 0 Å². The molecule has 1 aromatic heterocycles. The van der Waals surface area contributed by atoms with Gasteiger partial charge in [-0.05, 0) is 12.8 Å². The van der Waals surface area contributed by atoms with Crippen LogP contribution in [0.5, 0.6) is 0 Å². The van der Waals surface area contributed by atoms with Crippen molar-refractivity contribution in [2.45, 2.75) is 38.1 Å². The number of anilines is 1. The fourth-order valence-corrected chi connectivity index (χ4v) is 3.69. The molecule has 4 rings (SSSR count). The number of halogens is 1. The largest absolute Gasteiger partial charge is 0.393 e. The van der Waals surface area contributed by atoms with Crippen LogP contribution in [0.1, 0.15) is 30.5 Å². The van der Waals surface area contributed by atoms with E-state index in [-0.39, 0.29) is 6.54 Å². The molecule has 1 aromatic rings. The van der Waals surface area contributed by atoms with E-state index in [0.29, 0.717) is 25.7 Å². The Morgan fingerprint density at radius 1 is 1.35 bits per heavy atom. The number of hydrogen-bond donors (Lipinski definition) is 1. The van der Waals surface area contributed by atoms with Crippen molar-refractivity contribution in [3.63, 3.8) is 0 Å². The fraction of sp³-hybridized carbons (Fsp3) is 0.714. The molecule has 0 amide bonds. The standard InChI is InChI=1S/C14H18FN3O2/c15-14(9-19)8-18(7-13(14)2-1-3-13)12-16-4-10-5-20-6-11(10)17-12/h4,19H,1-3,5-9H2. The van der Waals surface area contributed by atoms with Gasteiger partial charge in [0.1, 0.15) is 0 Å². The molecule has 1 spiro atoms. The summed E-state index contributed by atoms with van der Waals surface area (Å²) in [5, 5.41) is 9.48. The Balaban J connectivity index is 1.64. The van der Waals surface area contributed by atoms with Crippen LogP contribution in [-0.2, 0) is 18.0 Å². The smallest absolute Gasteiger partial charge is 0.225 e. The Kier molecular flexibility index (Phi) is 2.57. The monoisotopic (exact) mass is 279 g/mol. The van der Waals surface area contributed by atoms with Gasteiger partial charge in [-0.3, -0.25) is 0 Å². The van der Waals surface area contributed by atoms with Gasteiger partial charge >= 0.3 is 0 Å². The van der Waals surface area contributed by atoms with E-state index in [4.69, 9.17) is 4.74 Å². The minimum absolute atomic E-state index is 0.184. The number of ether oxygens (including phenoxy) is 1.